The van der Waals surface area contributed by atoms with Crippen LogP contribution in [0.25, 0.3) is 0 Å². The molecule has 0 spiro atoms. The molecule has 2 rings (SSSR count). The van der Waals surface area contributed by atoms with Crippen molar-refractivity contribution in [2.24, 2.45) is 0 Å². The van der Waals surface area contributed by atoms with Gasteiger partial charge in [0.15, 0.2) is 11.6 Å². The van der Waals surface area contributed by atoms with E-state index >= 15 is 0 Å². The zero-order valence-corrected chi connectivity index (χ0v) is 11.5. The van der Waals surface area contributed by atoms with Crippen LogP contribution in [-0.2, 0) is 0 Å². The number of hydrogen-bond acceptors (Lipinski definition) is 2. The van der Waals surface area contributed by atoms with E-state index in [0.717, 1.165) is 22.3 Å². The molecular formula is C13H11BrF2N2. The summed E-state index contributed by atoms with van der Waals surface area (Å²) in [5.74, 6) is -1.05. The molecule has 0 saturated heterocycles. The van der Waals surface area contributed by atoms with Gasteiger partial charge in [0.25, 0.3) is 0 Å². The highest BCUT2D eigenvalue weighted by atomic mass is 79.9. The van der Waals surface area contributed by atoms with Crippen molar-refractivity contribution in [1.82, 2.24) is 4.98 Å². The fraction of sp³-hybridized carbons (Fsp3) is 0.154. The molecule has 0 aliphatic carbocycles. The summed E-state index contributed by atoms with van der Waals surface area (Å²) in [6, 6.07) is 7.44. The quantitative estimate of drug-likeness (QED) is 0.826. The van der Waals surface area contributed by atoms with Crippen molar-refractivity contribution >= 4 is 27.4 Å². The Morgan fingerprint density at radius 3 is 2.44 bits per heavy atom. The van der Waals surface area contributed by atoms with E-state index in [1.54, 1.807) is 18.0 Å². The molecule has 0 atom stereocenters. The maximum Gasteiger partial charge on any atom is 0.160 e. The number of halogens is 3. The minimum absolute atomic E-state index is 0.545. The van der Waals surface area contributed by atoms with Crippen LogP contribution in [0.2, 0.25) is 0 Å². The minimum Gasteiger partial charge on any atom is -0.329 e. The van der Waals surface area contributed by atoms with Gasteiger partial charge in [0.05, 0.1) is 5.69 Å². The fourth-order valence-corrected chi connectivity index (χ4v) is 1.76. The number of benzene rings is 1. The van der Waals surface area contributed by atoms with Crippen molar-refractivity contribution in [2.45, 2.75) is 6.92 Å². The maximum atomic E-state index is 13.2. The molecule has 0 amide bonds. The first kappa shape index (κ1) is 13.0. The molecule has 1 aromatic heterocycles. The molecule has 0 bridgehead atoms. The third-order valence-electron chi connectivity index (χ3n) is 2.64. The zero-order chi connectivity index (χ0) is 13.3. The largest absolute Gasteiger partial charge is 0.329 e. The van der Waals surface area contributed by atoms with Gasteiger partial charge in [-0.1, -0.05) is 0 Å². The SMILES string of the molecule is Cc1nc(N(C)c2ccc(F)c(F)c2)ccc1Br. The number of hydrogen-bond donors (Lipinski definition) is 0. The van der Waals surface area contributed by atoms with Crippen LogP contribution in [0.4, 0.5) is 20.3 Å². The van der Waals surface area contributed by atoms with Crippen molar-refractivity contribution in [2.75, 3.05) is 11.9 Å². The summed E-state index contributed by atoms with van der Waals surface area (Å²) in [5.41, 5.74) is 1.38. The Labute approximate surface area is 112 Å². The van der Waals surface area contributed by atoms with Crippen LogP contribution in [0.5, 0.6) is 0 Å². The second-order valence-corrected chi connectivity index (χ2v) is 4.75. The molecule has 0 fully saturated rings. The van der Waals surface area contributed by atoms with Crippen LogP contribution < -0.4 is 4.90 Å². The van der Waals surface area contributed by atoms with Crippen molar-refractivity contribution in [3.05, 3.63) is 52.1 Å². The Morgan fingerprint density at radius 1 is 1.11 bits per heavy atom. The van der Waals surface area contributed by atoms with Gasteiger partial charge in [-0.3, -0.25) is 0 Å². The predicted octanol–water partition coefficient (Wildman–Crippen LogP) is 4.20. The lowest BCUT2D eigenvalue weighted by molar-refractivity contribution is 0.509. The molecular weight excluding hydrogens is 302 g/mol. The van der Waals surface area contributed by atoms with E-state index in [0.29, 0.717) is 11.5 Å². The van der Waals surface area contributed by atoms with Gasteiger partial charge in [0.2, 0.25) is 0 Å². The van der Waals surface area contributed by atoms with E-state index < -0.39 is 11.6 Å². The van der Waals surface area contributed by atoms with Gasteiger partial charge in [0, 0.05) is 23.3 Å². The van der Waals surface area contributed by atoms with E-state index in [-0.39, 0.29) is 0 Å². The number of pyridine rings is 1. The second kappa shape index (κ2) is 5.02. The van der Waals surface area contributed by atoms with Crippen molar-refractivity contribution in [3.63, 3.8) is 0 Å². The van der Waals surface area contributed by atoms with Crippen LogP contribution in [0.15, 0.2) is 34.8 Å². The summed E-state index contributed by atoms with van der Waals surface area (Å²) in [6.07, 6.45) is 0. The van der Waals surface area contributed by atoms with Crippen molar-refractivity contribution < 1.29 is 8.78 Å². The monoisotopic (exact) mass is 312 g/mol. The summed E-state index contributed by atoms with van der Waals surface area (Å²) < 4.78 is 26.9. The standard InChI is InChI=1S/C13H11BrF2N2/c1-8-10(14)4-6-13(17-8)18(2)9-3-5-11(15)12(16)7-9/h3-7H,1-2H3. The minimum atomic E-state index is -0.867. The van der Waals surface area contributed by atoms with E-state index in [2.05, 4.69) is 20.9 Å². The molecule has 1 aromatic carbocycles. The molecule has 5 heteroatoms. The molecule has 2 nitrogen and oxygen atoms in total. The van der Waals surface area contributed by atoms with Gasteiger partial charge >= 0.3 is 0 Å². The van der Waals surface area contributed by atoms with Crippen molar-refractivity contribution in [3.8, 4) is 0 Å². The third kappa shape index (κ3) is 2.51. The maximum absolute atomic E-state index is 13.2. The van der Waals surface area contributed by atoms with Crippen LogP contribution in [0.1, 0.15) is 5.69 Å². The Morgan fingerprint density at radius 2 is 1.83 bits per heavy atom. The molecule has 1 heterocycles. The smallest absolute Gasteiger partial charge is 0.160 e. The fourth-order valence-electron chi connectivity index (χ4n) is 1.54. The summed E-state index contributed by atoms with van der Waals surface area (Å²) in [6.45, 7) is 1.87. The Kier molecular flexibility index (Phi) is 3.61. The summed E-state index contributed by atoms with van der Waals surface area (Å²) in [7, 11) is 1.75. The first-order chi connectivity index (χ1) is 8.49. The summed E-state index contributed by atoms with van der Waals surface area (Å²) in [5, 5.41) is 0. The molecule has 0 radical (unpaired) electrons. The summed E-state index contributed by atoms with van der Waals surface area (Å²) >= 11 is 3.37. The summed E-state index contributed by atoms with van der Waals surface area (Å²) in [4.78, 5) is 6.06. The molecule has 0 aliphatic rings. The average molecular weight is 313 g/mol. The Hall–Kier alpha value is -1.49. The first-order valence-corrected chi connectivity index (χ1v) is 6.10. The molecule has 94 valence electrons. The lowest BCUT2D eigenvalue weighted by atomic mass is 10.2. The van der Waals surface area contributed by atoms with Crippen LogP contribution in [0.3, 0.4) is 0 Å². The highest BCUT2D eigenvalue weighted by Crippen LogP contribution is 2.25. The van der Waals surface area contributed by atoms with Crippen LogP contribution in [-0.4, -0.2) is 12.0 Å². The number of aryl methyl sites for hydroxylation is 1. The Balaban J connectivity index is 2.37. The van der Waals surface area contributed by atoms with Gasteiger partial charge in [0.1, 0.15) is 5.82 Å². The third-order valence-corrected chi connectivity index (χ3v) is 3.48. The van der Waals surface area contributed by atoms with E-state index in [4.69, 9.17) is 0 Å². The second-order valence-electron chi connectivity index (χ2n) is 3.89. The van der Waals surface area contributed by atoms with Gasteiger partial charge < -0.3 is 4.90 Å². The molecule has 0 saturated carbocycles. The van der Waals surface area contributed by atoms with E-state index in [1.807, 2.05) is 13.0 Å². The van der Waals surface area contributed by atoms with Gasteiger partial charge in [-0.2, -0.15) is 0 Å². The molecule has 0 unspecified atom stereocenters. The first-order valence-electron chi connectivity index (χ1n) is 5.31. The van der Waals surface area contributed by atoms with E-state index in [9.17, 15) is 8.78 Å². The highest BCUT2D eigenvalue weighted by molar-refractivity contribution is 9.10. The average Bonchev–Trinajstić information content (AvgIpc) is 2.35. The molecule has 18 heavy (non-hydrogen) atoms. The van der Waals surface area contributed by atoms with Crippen molar-refractivity contribution in [1.29, 1.82) is 0 Å². The highest BCUT2D eigenvalue weighted by Gasteiger charge is 2.09. The predicted molar refractivity (Wildman–Crippen MR) is 71.1 cm³/mol. The molecule has 2 aromatic rings. The number of aromatic nitrogens is 1. The normalized spacial score (nSPS) is 10.5. The van der Waals surface area contributed by atoms with Crippen LogP contribution in [0, 0.1) is 18.6 Å². The lowest BCUT2D eigenvalue weighted by Crippen LogP contribution is -2.12. The molecule has 0 N–H and O–H groups in total. The topological polar surface area (TPSA) is 16.1 Å². The number of anilines is 2. The van der Waals surface area contributed by atoms with Gasteiger partial charge in [-0.15, -0.1) is 0 Å². The zero-order valence-electron chi connectivity index (χ0n) is 9.92. The van der Waals surface area contributed by atoms with Crippen LogP contribution >= 0.6 is 15.9 Å². The van der Waals surface area contributed by atoms with Gasteiger partial charge in [-0.25, -0.2) is 13.8 Å². The Bertz CT molecular complexity index is 536. The molecule has 0 aliphatic heterocycles. The number of rotatable bonds is 2. The van der Waals surface area contributed by atoms with Gasteiger partial charge in [-0.05, 0) is 47.1 Å². The lowest BCUT2D eigenvalue weighted by Gasteiger charge is -2.19. The van der Waals surface area contributed by atoms with E-state index in [1.165, 1.54) is 6.07 Å². The number of nitrogens with zero attached hydrogens (tertiary/aromatic N) is 2.